The van der Waals surface area contributed by atoms with Crippen molar-refractivity contribution < 1.29 is 9.90 Å². The molecule has 98 valence electrons. The third-order valence-corrected chi connectivity index (χ3v) is 3.76. The largest absolute Gasteiger partial charge is 0.396 e. The van der Waals surface area contributed by atoms with Crippen LogP contribution < -0.4 is 0 Å². The van der Waals surface area contributed by atoms with Crippen molar-refractivity contribution in [1.82, 2.24) is 4.90 Å². The second kappa shape index (κ2) is 6.01. The van der Waals surface area contributed by atoms with Crippen molar-refractivity contribution in [3.63, 3.8) is 0 Å². The molecule has 1 amide bonds. The van der Waals surface area contributed by atoms with E-state index in [0.717, 1.165) is 24.9 Å². The van der Waals surface area contributed by atoms with Crippen LogP contribution in [0.25, 0.3) is 0 Å². The summed E-state index contributed by atoms with van der Waals surface area (Å²) < 4.78 is 0. The molecule has 1 fully saturated rings. The van der Waals surface area contributed by atoms with Gasteiger partial charge in [0.15, 0.2) is 0 Å². The molecule has 0 bridgehead atoms. The van der Waals surface area contributed by atoms with E-state index in [4.69, 9.17) is 0 Å². The Morgan fingerprint density at radius 1 is 1.44 bits per heavy atom. The Kier molecular flexibility index (Phi) is 4.37. The Labute approximate surface area is 108 Å². The van der Waals surface area contributed by atoms with Gasteiger partial charge in [0, 0.05) is 19.7 Å². The van der Waals surface area contributed by atoms with E-state index >= 15 is 0 Å². The fraction of sp³-hybridized carbons (Fsp3) is 0.533. The quantitative estimate of drug-likeness (QED) is 0.887. The number of amides is 1. The van der Waals surface area contributed by atoms with Crippen LogP contribution in [0.5, 0.6) is 0 Å². The number of carbonyl (C=O) groups excluding carboxylic acids is 1. The lowest BCUT2D eigenvalue weighted by atomic mass is 9.95. The maximum Gasteiger partial charge on any atom is 0.229 e. The monoisotopic (exact) mass is 247 g/mol. The Morgan fingerprint density at radius 2 is 2.17 bits per heavy atom. The zero-order valence-corrected chi connectivity index (χ0v) is 10.9. The maximum atomic E-state index is 12.4. The Morgan fingerprint density at radius 3 is 2.83 bits per heavy atom. The van der Waals surface area contributed by atoms with Crippen LogP contribution in [0.15, 0.2) is 30.3 Å². The number of hydrogen-bond donors (Lipinski definition) is 1. The molecule has 0 spiro atoms. The van der Waals surface area contributed by atoms with Gasteiger partial charge in [-0.1, -0.05) is 30.3 Å². The van der Waals surface area contributed by atoms with E-state index in [9.17, 15) is 9.90 Å². The molecule has 3 heteroatoms. The van der Waals surface area contributed by atoms with Crippen LogP contribution in [0.3, 0.4) is 0 Å². The van der Waals surface area contributed by atoms with Gasteiger partial charge in [0.1, 0.15) is 0 Å². The van der Waals surface area contributed by atoms with Crippen molar-refractivity contribution >= 4 is 5.91 Å². The summed E-state index contributed by atoms with van der Waals surface area (Å²) in [6.45, 7) is 3.67. The van der Waals surface area contributed by atoms with E-state index < -0.39 is 0 Å². The summed E-state index contributed by atoms with van der Waals surface area (Å²) in [4.78, 5) is 14.3. The normalized spacial score (nSPS) is 21.7. The lowest BCUT2D eigenvalue weighted by Crippen LogP contribution is -2.42. The molecule has 0 saturated carbocycles. The van der Waals surface area contributed by atoms with Gasteiger partial charge < -0.3 is 10.0 Å². The standard InChI is InChI=1S/C15H21NO2/c1-12(14-7-3-2-4-8-14)15(18)16-9-5-6-13(10-16)11-17/h2-4,7-8,12-13,17H,5-6,9-11H2,1H3. The van der Waals surface area contributed by atoms with Crippen LogP contribution in [0.2, 0.25) is 0 Å². The number of likely N-dealkylation sites (tertiary alicyclic amines) is 1. The Bertz CT molecular complexity index is 391. The van der Waals surface area contributed by atoms with Gasteiger partial charge in [-0.05, 0) is 31.2 Å². The summed E-state index contributed by atoms with van der Waals surface area (Å²) in [7, 11) is 0. The van der Waals surface area contributed by atoms with E-state index in [-0.39, 0.29) is 24.3 Å². The molecule has 1 saturated heterocycles. The van der Waals surface area contributed by atoms with Gasteiger partial charge in [0.2, 0.25) is 5.91 Å². The summed E-state index contributed by atoms with van der Waals surface area (Å²) >= 11 is 0. The van der Waals surface area contributed by atoms with Gasteiger partial charge >= 0.3 is 0 Å². The Hall–Kier alpha value is -1.35. The highest BCUT2D eigenvalue weighted by molar-refractivity contribution is 5.83. The van der Waals surface area contributed by atoms with Crippen LogP contribution in [0.4, 0.5) is 0 Å². The lowest BCUT2D eigenvalue weighted by molar-refractivity contribution is -0.134. The number of piperidine rings is 1. The summed E-state index contributed by atoms with van der Waals surface area (Å²) in [5.74, 6) is 0.341. The number of nitrogens with zero attached hydrogens (tertiary/aromatic N) is 1. The Balaban J connectivity index is 2.02. The smallest absolute Gasteiger partial charge is 0.229 e. The molecule has 1 aromatic rings. The first-order chi connectivity index (χ1) is 8.72. The van der Waals surface area contributed by atoms with E-state index in [1.54, 1.807) is 0 Å². The minimum absolute atomic E-state index is 0.0938. The number of hydrogen-bond acceptors (Lipinski definition) is 2. The molecule has 3 nitrogen and oxygen atoms in total. The summed E-state index contributed by atoms with van der Waals surface area (Å²) in [5, 5.41) is 9.21. The molecule has 0 aliphatic carbocycles. The van der Waals surface area contributed by atoms with Crippen LogP contribution in [-0.2, 0) is 4.79 Å². The molecule has 1 aliphatic rings. The average Bonchev–Trinajstić information content (AvgIpc) is 2.46. The molecule has 1 heterocycles. The molecule has 0 aromatic heterocycles. The van der Waals surface area contributed by atoms with Crippen molar-refractivity contribution in [2.45, 2.75) is 25.7 Å². The van der Waals surface area contributed by atoms with Gasteiger partial charge in [-0.25, -0.2) is 0 Å². The van der Waals surface area contributed by atoms with Crippen molar-refractivity contribution in [3.05, 3.63) is 35.9 Å². The first-order valence-electron chi connectivity index (χ1n) is 6.67. The SMILES string of the molecule is CC(C(=O)N1CCCC(CO)C1)c1ccccc1. The molecule has 2 unspecified atom stereocenters. The van der Waals surface area contributed by atoms with Crippen LogP contribution in [-0.4, -0.2) is 35.6 Å². The zero-order valence-electron chi connectivity index (χ0n) is 10.9. The molecule has 1 N–H and O–H groups in total. The van der Waals surface area contributed by atoms with Crippen molar-refractivity contribution in [2.75, 3.05) is 19.7 Å². The fourth-order valence-electron chi connectivity index (χ4n) is 2.57. The molecule has 2 atom stereocenters. The first-order valence-corrected chi connectivity index (χ1v) is 6.67. The molecule has 1 aliphatic heterocycles. The molecule has 1 aromatic carbocycles. The van der Waals surface area contributed by atoms with E-state index in [1.165, 1.54) is 0 Å². The fourth-order valence-corrected chi connectivity index (χ4v) is 2.57. The molecule has 0 radical (unpaired) electrons. The van der Waals surface area contributed by atoms with Gasteiger partial charge in [-0.15, -0.1) is 0 Å². The number of aliphatic hydroxyl groups excluding tert-OH is 1. The van der Waals surface area contributed by atoms with Gasteiger partial charge in [0.05, 0.1) is 5.92 Å². The van der Waals surface area contributed by atoms with Crippen LogP contribution in [0, 0.1) is 5.92 Å². The van der Waals surface area contributed by atoms with E-state index in [0.29, 0.717) is 6.54 Å². The molecular weight excluding hydrogens is 226 g/mol. The average molecular weight is 247 g/mol. The highest BCUT2D eigenvalue weighted by atomic mass is 16.3. The zero-order chi connectivity index (χ0) is 13.0. The van der Waals surface area contributed by atoms with Crippen molar-refractivity contribution in [1.29, 1.82) is 0 Å². The van der Waals surface area contributed by atoms with Gasteiger partial charge in [-0.3, -0.25) is 4.79 Å². The van der Waals surface area contributed by atoms with E-state index in [2.05, 4.69) is 0 Å². The number of benzene rings is 1. The molecule has 2 rings (SSSR count). The third kappa shape index (κ3) is 2.91. The topological polar surface area (TPSA) is 40.5 Å². The van der Waals surface area contributed by atoms with E-state index in [1.807, 2.05) is 42.2 Å². The minimum atomic E-state index is -0.0938. The maximum absolute atomic E-state index is 12.4. The predicted molar refractivity (Wildman–Crippen MR) is 71.2 cm³/mol. The predicted octanol–water partition coefficient (Wildman–Crippen LogP) is 2.02. The first kappa shape index (κ1) is 13.1. The summed E-state index contributed by atoms with van der Waals surface area (Å²) in [5.41, 5.74) is 1.06. The number of rotatable bonds is 3. The second-order valence-electron chi connectivity index (χ2n) is 5.11. The lowest BCUT2D eigenvalue weighted by Gasteiger charge is -2.33. The molecule has 18 heavy (non-hydrogen) atoms. The number of aliphatic hydroxyl groups is 1. The number of carbonyl (C=O) groups is 1. The van der Waals surface area contributed by atoms with Crippen molar-refractivity contribution in [2.24, 2.45) is 5.92 Å². The highest BCUT2D eigenvalue weighted by Crippen LogP contribution is 2.22. The summed E-state index contributed by atoms with van der Waals surface area (Å²) in [6.07, 6.45) is 2.03. The van der Waals surface area contributed by atoms with Crippen LogP contribution in [0.1, 0.15) is 31.2 Å². The molecular formula is C15H21NO2. The summed E-state index contributed by atoms with van der Waals surface area (Å²) in [6, 6.07) is 9.88. The second-order valence-corrected chi connectivity index (χ2v) is 5.11. The highest BCUT2D eigenvalue weighted by Gasteiger charge is 2.26. The van der Waals surface area contributed by atoms with Crippen molar-refractivity contribution in [3.8, 4) is 0 Å². The van der Waals surface area contributed by atoms with Gasteiger partial charge in [-0.2, -0.15) is 0 Å². The van der Waals surface area contributed by atoms with Crippen LogP contribution >= 0.6 is 0 Å². The third-order valence-electron chi connectivity index (χ3n) is 3.76. The van der Waals surface area contributed by atoms with Gasteiger partial charge in [0.25, 0.3) is 0 Å². The minimum Gasteiger partial charge on any atom is -0.396 e.